The summed E-state index contributed by atoms with van der Waals surface area (Å²) in [6.07, 6.45) is 1.22. The van der Waals surface area contributed by atoms with Gasteiger partial charge >= 0.3 is 0 Å². The number of anilines is 2. The molecule has 0 radical (unpaired) electrons. The second-order valence-electron chi connectivity index (χ2n) is 5.64. The molecule has 1 fully saturated rings. The van der Waals surface area contributed by atoms with Crippen LogP contribution in [0.3, 0.4) is 0 Å². The summed E-state index contributed by atoms with van der Waals surface area (Å²) in [5.41, 5.74) is 3.01. The Kier molecular flexibility index (Phi) is 2.46. The molecule has 1 saturated heterocycles. The largest absolute Gasteiger partial charge is 0.373 e. The predicted molar refractivity (Wildman–Crippen MR) is 80.2 cm³/mol. The standard InChI is InChI=1S/C16H18N4/c1-10-18-15(17-2)8-16(19-10)20-9-11-7-14(20)13-6-4-3-5-12(11)13/h3-6,8,11,14H,7,9H2,1-2H3,(H,17,18,19)/t11-,14+/m1/s1. The van der Waals surface area contributed by atoms with Crippen molar-refractivity contribution in [3.05, 3.63) is 47.3 Å². The molecule has 2 aliphatic rings. The molecule has 20 heavy (non-hydrogen) atoms. The molecule has 1 aromatic heterocycles. The first-order chi connectivity index (χ1) is 9.76. The number of nitrogens with one attached hydrogen (secondary N) is 1. The van der Waals surface area contributed by atoms with E-state index in [4.69, 9.17) is 0 Å². The number of hydrogen-bond acceptors (Lipinski definition) is 4. The van der Waals surface area contributed by atoms with Gasteiger partial charge in [0, 0.05) is 25.6 Å². The molecule has 4 nitrogen and oxygen atoms in total. The molecule has 1 aliphatic heterocycles. The molecule has 1 aromatic carbocycles. The summed E-state index contributed by atoms with van der Waals surface area (Å²) >= 11 is 0. The fraction of sp³-hybridized carbons (Fsp3) is 0.375. The zero-order valence-electron chi connectivity index (χ0n) is 11.8. The second-order valence-corrected chi connectivity index (χ2v) is 5.64. The van der Waals surface area contributed by atoms with Crippen LogP contribution in [-0.4, -0.2) is 23.6 Å². The number of rotatable bonds is 2. The summed E-state index contributed by atoms with van der Waals surface area (Å²) in [7, 11) is 1.90. The van der Waals surface area contributed by atoms with Gasteiger partial charge in [-0.15, -0.1) is 0 Å². The number of aromatic nitrogens is 2. The van der Waals surface area contributed by atoms with Crippen molar-refractivity contribution >= 4 is 11.6 Å². The van der Waals surface area contributed by atoms with Crippen LogP contribution in [0.15, 0.2) is 30.3 Å². The van der Waals surface area contributed by atoms with E-state index >= 15 is 0 Å². The summed E-state index contributed by atoms with van der Waals surface area (Å²) in [6, 6.07) is 11.4. The van der Waals surface area contributed by atoms with E-state index in [1.54, 1.807) is 0 Å². The van der Waals surface area contributed by atoms with Gasteiger partial charge in [0.15, 0.2) is 0 Å². The third kappa shape index (κ3) is 1.60. The van der Waals surface area contributed by atoms with Gasteiger partial charge in [0.1, 0.15) is 17.5 Å². The summed E-state index contributed by atoms with van der Waals surface area (Å²) in [6.45, 7) is 3.02. The van der Waals surface area contributed by atoms with Crippen LogP contribution in [0, 0.1) is 6.92 Å². The van der Waals surface area contributed by atoms with Crippen LogP contribution >= 0.6 is 0 Å². The Morgan fingerprint density at radius 3 is 2.80 bits per heavy atom. The van der Waals surface area contributed by atoms with E-state index in [1.807, 2.05) is 14.0 Å². The fourth-order valence-corrected chi connectivity index (χ4v) is 3.62. The molecular formula is C16H18N4. The van der Waals surface area contributed by atoms with Crippen molar-refractivity contribution in [2.45, 2.75) is 25.3 Å². The first kappa shape index (κ1) is 11.7. The van der Waals surface area contributed by atoms with Gasteiger partial charge in [-0.05, 0) is 24.5 Å². The van der Waals surface area contributed by atoms with Crippen molar-refractivity contribution in [1.82, 2.24) is 9.97 Å². The van der Waals surface area contributed by atoms with Crippen LogP contribution in [0.1, 0.15) is 35.3 Å². The van der Waals surface area contributed by atoms with Crippen LogP contribution in [0.5, 0.6) is 0 Å². The van der Waals surface area contributed by atoms with Gasteiger partial charge in [-0.25, -0.2) is 9.97 Å². The van der Waals surface area contributed by atoms with Gasteiger partial charge in [0.05, 0.1) is 6.04 Å². The molecule has 1 aliphatic carbocycles. The van der Waals surface area contributed by atoms with E-state index in [1.165, 1.54) is 17.5 Å². The fourth-order valence-electron chi connectivity index (χ4n) is 3.62. The Balaban J connectivity index is 1.75. The first-order valence-corrected chi connectivity index (χ1v) is 7.15. The Morgan fingerprint density at radius 1 is 1.20 bits per heavy atom. The molecule has 4 rings (SSSR count). The smallest absolute Gasteiger partial charge is 0.134 e. The van der Waals surface area contributed by atoms with Crippen molar-refractivity contribution < 1.29 is 0 Å². The topological polar surface area (TPSA) is 41.0 Å². The van der Waals surface area contributed by atoms with Crippen LogP contribution in [0.2, 0.25) is 0 Å². The van der Waals surface area contributed by atoms with Gasteiger partial charge in [-0.1, -0.05) is 24.3 Å². The maximum absolute atomic E-state index is 4.63. The molecule has 0 spiro atoms. The molecule has 0 saturated carbocycles. The van der Waals surface area contributed by atoms with E-state index in [0.717, 1.165) is 24.0 Å². The van der Waals surface area contributed by atoms with Crippen molar-refractivity contribution in [1.29, 1.82) is 0 Å². The Morgan fingerprint density at radius 2 is 2.00 bits per heavy atom. The molecule has 102 valence electrons. The Labute approximate surface area is 118 Å². The molecular weight excluding hydrogens is 248 g/mol. The minimum Gasteiger partial charge on any atom is -0.373 e. The van der Waals surface area contributed by atoms with E-state index in [0.29, 0.717) is 12.0 Å². The predicted octanol–water partition coefficient (Wildman–Crippen LogP) is 2.88. The van der Waals surface area contributed by atoms with Gasteiger partial charge in [-0.3, -0.25) is 0 Å². The molecule has 1 N–H and O–H groups in total. The third-order valence-corrected chi connectivity index (χ3v) is 4.47. The minimum absolute atomic E-state index is 0.482. The lowest BCUT2D eigenvalue weighted by atomic mass is 9.99. The lowest BCUT2D eigenvalue weighted by Crippen LogP contribution is -2.28. The number of nitrogens with zero attached hydrogens (tertiary/aromatic N) is 3. The maximum Gasteiger partial charge on any atom is 0.134 e. The van der Waals surface area contributed by atoms with Gasteiger partial charge in [-0.2, -0.15) is 0 Å². The number of fused-ring (bicyclic) bond motifs is 5. The number of hydrogen-bond donors (Lipinski definition) is 1. The highest BCUT2D eigenvalue weighted by atomic mass is 15.3. The summed E-state index contributed by atoms with van der Waals surface area (Å²) in [5.74, 6) is 3.42. The second kappa shape index (κ2) is 4.20. The van der Waals surface area contributed by atoms with Crippen LogP contribution < -0.4 is 10.2 Å². The highest BCUT2D eigenvalue weighted by molar-refractivity contribution is 5.56. The average Bonchev–Trinajstić information content (AvgIpc) is 3.06. The van der Waals surface area contributed by atoms with Crippen molar-refractivity contribution in [2.75, 3.05) is 23.8 Å². The SMILES string of the molecule is CNc1cc(N2C[C@H]3C[C@H]2c2ccccc23)nc(C)n1. The molecule has 2 atom stereocenters. The molecule has 0 amide bonds. The zero-order valence-corrected chi connectivity index (χ0v) is 11.8. The van der Waals surface area contributed by atoms with Crippen molar-refractivity contribution in [2.24, 2.45) is 0 Å². The minimum atomic E-state index is 0.482. The quantitative estimate of drug-likeness (QED) is 0.907. The molecule has 2 heterocycles. The number of benzene rings is 1. The Bertz CT molecular complexity index is 667. The van der Waals surface area contributed by atoms with Gasteiger partial charge in [0.2, 0.25) is 0 Å². The lowest BCUT2D eigenvalue weighted by molar-refractivity contribution is 0.726. The third-order valence-electron chi connectivity index (χ3n) is 4.47. The van der Waals surface area contributed by atoms with Crippen LogP contribution in [0.4, 0.5) is 11.6 Å². The first-order valence-electron chi connectivity index (χ1n) is 7.15. The summed E-state index contributed by atoms with van der Waals surface area (Å²) < 4.78 is 0. The van der Waals surface area contributed by atoms with E-state index < -0.39 is 0 Å². The molecule has 2 aromatic rings. The highest BCUT2D eigenvalue weighted by Gasteiger charge is 2.42. The monoisotopic (exact) mass is 266 g/mol. The van der Waals surface area contributed by atoms with Crippen molar-refractivity contribution in [3.63, 3.8) is 0 Å². The molecule has 2 bridgehead atoms. The van der Waals surface area contributed by atoms with Crippen molar-refractivity contribution in [3.8, 4) is 0 Å². The van der Waals surface area contributed by atoms with E-state index in [2.05, 4.69) is 50.5 Å². The zero-order chi connectivity index (χ0) is 13.7. The van der Waals surface area contributed by atoms with Gasteiger partial charge in [0.25, 0.3) is 0 Å². The average molecular weight is 266 g/mol. The molecule has 0 unspecified atom stereocenters. The normalized spacial score (nSPS) is 23.0. The highest BCUT2D eigenvalue weighted by Crippen LogP contribution is 2.51. The Hall–Kier alpha value is -2.10. The van der Waals surface area contributed by atoms with Crippen LogP contribution in [-0.2, 0) is 0 Å². The molecule has 4 heteroatoms. The summed E-state index contributed by atoms with van der Waals surface area (Å²) in [4.78, 5) is 11.4. The van der Waals surface area contributed by atoms with Gasteiger partial charge < -0.3 is 10.2 Å². The van der Waals surface area contributed by atoms with E-state index in [-0.39, 0.29) is 0 Å². The van der Waals surface area contributed by atoms with E-state index in [9.17, 15) is 0 Å². The maximum atomic E-state index is 4.63. The summed E-state index contributed by atoms with van der Waals surface area (Å²) in [5, 5.41) is 3.12. The number of aryl methyl sites for hydroxylation is 1. The van der Waals surface area contributed by atoms with Crippen LogP contribution in [0.25, 0.3) is 0 Å². The lowest BCUT2D eigenvalue weighted by Gasteiger charge is -2.30.